The number of Topliss-reactive ketones (excluding diaryl/α,β-unsaturated/α-hetero) is 1. The standard InChI is InChI=1S/C22H37N3O2/c1-15(2)13-17-9-5-6-10-18(17)14-19(24)22(27)25-20(11-7-8-12-23)21(26)16(3)4/h5-6,9-10,15-16,19-20H,7-8,11-14,23-24H2,1-4H3,(H,25,27)/t19-,20-/m0/s1. The number of carbonyl (C=O) groups is 2. The number of ketones is 1. The van der Waals surface area contributed by atoms with Crippen molar-refractivity contribution in [1.29, 1.82) is 0 Å². The van der Waals surface area contributed by atoms with E-state index in [-0.39, 0.29) is 17.6 Å². The van der Waals surface area contributed by atoms with E-state index in [9.17, 15) is 9.59 Å². The van der Waals surface area contributed by atoms with Gasteiger partial charge in [0.1, 0.15) is 0 Å². The molecule has 5 heteroatoms. The Labute approximate surface area is 164 Å². The molecule has 0 fully saturated rings. The van der Waals surface area contributed by atoms with Crippen LogP contribution in [-0.2, 0) is 22.4 Å². The Morgan fingerprint density at radius 2 is 1.59 bits per heavy atom. The molecule has 1 aromatic carbocycles. The van der Waals surface area contributed by atoms with E-state index in [4.69, 9.17) is 11.5 Å². The third-order valence-electron chi connectivity index (χ3n) is 4.70. The van der Waals surface area contributed by atoms with Gasteiger partial charge in [-0.3, -0.25) is 9.59 Å². The van der Waals surface area contributed by atoms with Crippen LogP contribution in [0.15, 0.2) is 24.3 Å². The van der Waals surface area contributed by atoms with Crippen LogP contribution in [0.3, 0.4) is 0 Å². The van der Waals surface area contributed by atoms with Crippen molar-refractivity contribution in [2.24, 2.45) is 23.3 Å². The van der Waals surface area contributed by atoms with E-state index in [0.717, 1.165) is 24.8 Å². The van der Waals surface area contributed by atoms with Gasteiger partial charge in [-0.1, -0.05) is 52.0 Å². The third-order valence-corrected chi connectivity index (χ3v) is 4.70. The number of benzene rings is 1. The van der Waals surface area contributed by atoms with Gasteiger partial charge in [-0.05, 0) is 55.7 Å². The van der Waals surface area contributed by atoms with Crippen molar-refractivity contribution in [3.05, 3.63) is 35.4 Å². The fraction of sp³-hybridized carbons (Fsp3) is 0.636. The lowest BCUT2D eigenvalue weighted by atomic mass is 9.93. The van der Waals surface area contributed by atoms with Gasteiger partial charge in [0.25, 0.3) is 0 Å². The lowest BCUT2D eigenvalue weighted by Gasteiger charge is -2.22. The number of rotatable bonds is 12. The van der Waals surface area contributed by atoms with Crippen LogP contribution in [0.5, 0.6) is 0 Å². The number of hydrogen-bond acceptors (Lipinski definition) is 4. The Hall–Kier alpha value is -1.72. The van der Waals surface area contributed by atoms with E-state index < -0.39 is 12.1 Å². The van der Waals surface area contributed by atoms with Crippen molar-refractivity contribution in [2.75, 3.05) is 6.54 Å². The third kappa shape index (κ3) is 8.22. The molecule has 5 nitrogen and oxygen atoms in total. The van der Waals surface area contributed by atoms with Crippen LogP contribution in [0.2, 0.25) is 0 Å². The van der Waals surface area contributed by atoms with E-state index in [1.807, 2.05) is 32.0 Å². The zero-order valence-corrected chi connectivity index (χ0v) is 17.3. The lowest BCUT2D eigenvalue weighted by molar-refractivity contribution is -0.130. The molecule has 1 rings (SSSR count). The summed E-state index contributed by atoms with van der Waals surface area (Å²) in [5, 5.41) is 2.88. The number of carbonyl (C=O) groups excluding carboxylic acids is 2. The molecule has 0 spiro atoms. The normalized spacial score (nSPS) is 13.6. The number of amides is 1. The Morgan fingerprint density at radius 3 is 2.11 bits per heavy atom. The first-order valence-electron chi connectivity index (χ1n) is 10.1. The second kappa shape index (κ2) is 11.9. The minimum Gasteiger partial charge on any atom is -0.345 e. The Bertz CT molecular complexity index is 599. The molecule has 152 valence electrons. The van der Waals surface area contributed by atoms with Gasteiger partial charge in [-0.2, -0.15) is 0 Å². The monoisotopic (exact) mass is 375 g/mol. The average Bonchev–Trinajstić information content (AvgIpc) is 2.61. The van der Waals surface area contributed by atoms with E-state index in [2.05, 4.69) is 25.2 Å². The van der Waals surface area contributed by atoms with E-state index in [1.165, 1.54) is 5.56 Å². The highest BCUT2D eigenvalue weighted by Gasteiger charge is 2.25. The summed E-state index contributed by atoms with van der Waals surface area (Å²) in [5.74, 6) is 0.192. The molecule has 0 aliphatic rings. The predicted octanol–water partition coefficient (Wildman–Crippen LogP) is 2.59. The summed E-state index contributed by atoms with van der Waals surface area (Å²) in [7, 11) is 0. The molecule has 0 aliphatic heterocycles. The van der Waals surface area contributed by atoms with Gasteiger partial charge in [0.2, 0.25) is 5.91 Å². The quantitative estimate of drug-likeness (QED) is 0.489. The highest BCUT2D eigenvalue weighted by molar-refractivity contribution is 5.91. The van der Waals surface area contributed by atoms with Crippen molar-refractivity contribution in [1.82, 2.24) is 5.32 Å². The Balaban J connectivity index is 2.77. The zero-order chi connectivity index (χ0) is 20.4. The summed E-state index contributed by atoms with van der Waals surface area (Å²) in [6.45, 7) is 8.64. The first-order chi connectivity index (χ1) is 12.8. The van der Waals surface area contributed by atoms with Gasteiger partial charge < -0.3 is 16.8 Å². The molecular weight excluding hydrogens is 338 g/mol. The Kier molecular flexibility index (Phi) is 10.3. The first kappa shape index (κ1) is 23.3. The molecular formula is C22H37N3O2. The number of nitrogens with two attached hydrogens (primary N) is 2. The summed E-state index contributed by atoms with van der Waals surface area (Å²) < 4.78 is 0. The molecule has 0 aliphatic carbocycles. The minimum absolute atomic E-state index is 0.0489. The van der Waals surface area contributed by atoms with Crippen LogP contribution in [-0.4, -0.2) is 30.3 Å². The van der Waals surface area contributed by atoms with Crippen molar-refractivity contribution < 1.29 is 9.59 Å². The molecule has 27 heavy (non-hydrogen) atoms. The van der Waals surface area contributed by atoms with Crippen molar-refractivity contribution in [3.63, 3.8) is 0 Å². The number of unbranched alkanes of at least 4 members (excludes halogenated alkanes) is 1. The molecule has 0 radical (unpaired) electrons. The molecule has 0 aromatic heterocycles. The van der Waals surface area contributed by atoms with E-state index >= 15 is 0 Å². The van der Waals surface area contributed by atoms with E-state index in [0.29, 0.717) is 25.3 Å². The van der Waals surface area contributed by atoms with Gasteiger partial charge in [-0.15, -0.1) is 0 Å². The SMILES string of the molecule is CC(C)Cc1ccccc1C[C@H](N)C(=O)N[C@@H](CCCCN)C(=O)C(C)C. The van der Waals surface area contributed by atoms with Gasteiger partial charge in [-0.25, -0.2) is 0 Å². The van der Waals surface area contributed by atoms with Crippen LogP contribution < -0.4 is 16.8 Å². The molecule has 0 saturated heterocycles. The molecule has 0 bridgehead atoms. The molecule has 0 saturated carbocycles. The van der Waals surface area contributed by atoms with Crippen LogP contribution >= 0.6 is 0 Å². The first-order valence-corrected chi connectivity index (χ1v) is 10.1. The molecule has 5 N–H and O–H groups in total. The summed E-state index contributed by atoms with van der Waals surface area (Å²) in [5.41, 5.74) is 14.1. The largest absolute Gasteiger partial charge is 0.345 e. The average molecular weight is 376 g/mol. The summed E-state index contributed by atoms with van der Waals surface area (Å²) in [6.07, 6.45) is 3.69. The lowest BCUT2D eigenvalue weighted by Crippen LogP contribution is -2.50. The fourth-order valence-electron chi connectivity index (χ4n) is 3.18. The maximum Gasteiger partial charge on any atom is 0.237 e. The van der Waals surface area contributed by atoms with Crippen molar-refractivity contribution in [2.45, 2.75) is 71.9 Å². The predicted molar refractivity (Wildman–Crippen MR) is 111 cm³/mol. The number of nitrogens with one attached hydrogen (secondary N) is 1. The summed E-state index contributed by atoms with van der Waals surface area (Å²) in [6, 6.07) is 6.96. The van der Waals surface area contributed by atoms with Crippen LogP contribution in [0.25, 0.3) is 0 Å². The molecule has 2 atom stereocenters. The zero-order valence-electron chi connectivity index (χ0n) is 17.3. The van der Waals surface area contributed by atoms with E-state index in [1.54, 1.807) is 0 Å². The molecule has 1 amide bonds. The van der Waals surface area contributed by atoms with Gasteiger partial charge >= 0.3 is 0 Å². The maximum absolute atomic E-state index is 12.6. The van der Waals surface area contributed by atoms with Crippen molar-refractivity contribution >= 4 is 11.7 Å². The summed E-state index contributed by atoms with van der Waals surface area (Å²) >= 11 is 0. The summed E-state index contributed by atoms with van der Waals surface area (Å²) in [4.78, 5) is 25.1. The van der Waals surface area contributed by atoms with Crippen LogP contribution in [0.4, 0.5) is 0 Å². The fourth-order valence-corrected chi connectivity index (χ4v) is 3.18. The smallest absolute Gasteiger partial charge is 0.237 e. The van der Waals surface area contributed by atoms with Crippen LogP contribution in [0, 0.1) is 11.8 Å². The second-order valence-electron chi connectivity index (χ2n) is 8.08. The number of hydrogen-bond donors (Lipinski definition) is 3. The molecule has 1 aromatic rings. The second-order valence-corrected chi connectivity index (χ2v) is 8.08. The van der Waals surface area contributed by atoms with Crippen molar-refractivity contribution in [3.8, 4) is 0 Å². The topological polar surface area (TPSA) is 98.2 Å². The highest BCUT2D eigenvalue weighted by Crippen LogP contribution is 2.16. The van der Waals surface area contributed by atoms with Gasteiger partial charge in [0.05, 0.1) is 12.1 Å². The van der Waals surface area contributed by atoms with Crippen LogP contribution in [0.1, 0.15) is 58.1 Å². The Morgan fingerprint density at radius 1 is 1.00 bits per heavy atom. The molecule has 0 unspecified atom stereocenters. The maximum atomic E-state index is 12.6. The molecule has 0 heterocycles. The van der Waals surface area contributed by atoms with Gasteiger partial charge in [0.15, 0.2) is 5.78 Å². The van der Waals surface area contributed by atoms with Gasteiger partial charge in [0, 0.05) is 5.92 Å². The highest BCUT2D eigenvalue weighted by atomic mass is 16.2. The minimum atomic E-state index is -0.671.